The average Bonchev–Trinajstić information content (AvgIpc) is 4.30. The van der Waals surface area contributed by atoms with E-state index in [9.17, 15) is 19.2 Å². The van der Waals surface area contributed by atoms with Crippen molar-refractivity contribution in [3.63, 3.8) is 0 Å². The summed E-state index contributed by atoms with van der Waals surface area (Å²) in [5, 5.41) is 4.24. The number of barbiturate groups is 1. The smallest absolute Gasteiger partial charge is 0.353 e. The number of hydrogen-bond donors (Lipinski definition) is 2. The number of amides is 4. The molecule has 0 unspecified atom stereocenters. The molecule has 14 heteroatoms. The number of thiophene rings is 4. The predicted octanol–water partition coefficient (Wildman–Crippen LogP) is 19.8. The van der Waals surface area contributed by atoms with E-state index >= 15 is 0 Å². The lowest BCUT2D eigenvalue weighted by atomic mass is 10.1. The topological polar surface area (TPSA) is 129 Å². The highest BCUT2D eigenvalue weighted by Crippen LogP contribution is 2.45. The summed E-state index contributed by atoms with van der Waals surface area (Å²) in [4.78, 5) is 57.5. The van der Waals surface area contributed by atoms with Crippen LogP contribution in [0.1, 0.15) is 228 Å². The number of imide groups is 2. The molecule has 4 amide bonds. The summed E-state index contributed by atoms with van der Waals surface area (Å²) in [5.41, 5.74) is -0.109. The van der Waals surface area contributed by atoms with Crippen molar-refractivity contribution in [2.24, 2.45) is 0 Å². The zero-order valence-electron chi connectivity index (χ0n) is 47.1. The SMILES string of the molecule is CCCCCCCCCCCCOc1cc(OC(=O)c2ccc(-c3ccc(-c4ccc(-c5ccc(C=C6C(=O)NC(=O)NC6=O)s5)s4)s3)s2)cc(OCCCCCCCCCCCC)c1OCCCCCCCCCCCC. The van der Waals surface area contributed by atoms with Gasteiger partial charge in [0, 0.05) is 46.3 Å². The van der Waals surface area contributed by atoms with Crippen LogP contribution in [0, 0.1) is 0 Å². The van der Waals surface area contributed by atoms with Gasteiger partial charge in [-0.2, -0.15) is 0 Å². The molecule has 10 nitrogen and oxygen atoms in total. The zero-order chi connectivity index (χ0) is 55.0. The second kappa shape index (κ2) is 36.5. The van der Waals surface area contributed by atoms with E-state index in [0.29, 0.717) is 47.7 Å². The monoisotopic (exact) mass is 1140 g/mol. The van der Waals surface area contributed by atoms with Crippen LogP contribution in [0.5, 0.6) is 23.0 Å². The van der Waals surface area contributed by atoms with Gasteiger partial charge in [-0.25, -0.2) is 9.59 Å². The molecule has 0 aliphatic carbocycles. The molecule has 0 radical (unpaired) electrons. The second-order valence-electron chi connectivity index (χ2n) is 20.7. The van der Waals surface area contributed by atoms with Crippen LogP contribution in [0.4, 0.5) is 4.79 Å². The predicted molar refractivity (Wildman–Crippen MR) is 327 cm³/mol. The molecule has 4 aromatic heterocycles. The minimum atomic E-state index is -0.820. The standard InChI is InChI=1S/C64H88N2O8S4/c1-4-7-10-13-16-19-22-25-28-31-42-71-51-45-48(46-52(72-43-32-29-26-23-20-17-14-11-8-5-2)60(51)73-44-33-30-27-24-21-18-15-12-9-6-3)74-63(69)59-41-40-58(78-59)57-39-38-56(77-57)55-37-36-54(76-55)53-35-34-49(75-53)47-50-61(67)65-64(70)66-62(50)68/h34-41,45-47H,4-33,42-44H2,1-3H3,(H2,65,66,67,68,70). The van der Waals surface area contributed by atoms with Crippen LogP contribution >= 0.6 is 45.3 Å². The van der Waals surface area contributed by atoms with Gasteiger partial charge in [0.15, 0.2) is 11.5 Å². The van der Waals surface area contributed by atoms with Gasteiger partial charge in [0.1, 0.15) is 16.2 Å². The van der Waals surface area contributed by atoms with Crippen LogP contribution in [-0.2, 0) is 9.59 Å². The zero-order valence-corrected chi connectivity index (χ0v) is 50.4. The molecule has 78 heavy (non-hydrogen) atoms. The number of urea groups is 1. The van der Waals surface area contributed by atoms with Crippen molar-refractivity contribution < 1.29 is 38.1 Å². The number of nitrogens with one attached hydrogen (secondary N) is 2. The maximum Gasteiger partial charge on any atom is 0.353 e. The maximum absolute atomic E-state index is 14.0. The molecule has 6 rings (SSSR count). The molecule has 0 saturated carbocycles. The number of benzene rings is 1. The van der Waals surface area contributed by atoms with E-state index in [-0.39, 0.29) is 5.57 Å². The largest absolute Gasteiger partial charge is 0.489 e. The van der Waals surface area contributed by atoms with E-state index in [0.717, 1.165) is 72.7 Å². The van der Waals surface area contributed by atoms with Crippen molar-refractivity contribution in [2.75, 3.05) is 19.8 Å². The van der Waals surface area contributed by atoms with Crippen molar-refractivity contribution in [3.05, 3.63) is 76.0 Å². The quantitative estimate of drug-likeness (QED) is 0.0130. The fraction of sp³-hybridized carbons (Fsp3) is 0.562. The van der Waals surface area contributed by atoms with Gasteiger partial charge < -0.3 is 18.9 Å². The number of carbonyl (C=O) groups is 4. The maximum atomic E-state index is 14.0. The van der Waals surface area contributed by atoms with Crippen LogP contribution in [0.15, 0.2) is 66.2 Å². The summed E-state index contributed by atoms with van der Waals surface area (Å²) < 4.78 is 26.0. The molecule has 1 aliphatic heterocycles. The van der Waals surface area contributed by atoms with Crippen LogP contribution < -0.4 is 29.6 Å². The fourth-order valence-corrected chi connectivity index (χ4v) is 13.6. The van der Waals surface area contributed by atoms with E-state index < -0.39 is 23.8 Å². The van der Waals surface area contributed by atoms with Crippen molar-refractivity contribution in [1.29, 1.82) is 0 Å². The van der Waals surface area contributed by atoms with Crippen LogP contribution in [0.3, 0.4) is 0 Å². The van der Waals surface area contributed by atoms with Gasteiger partial charge >= 0.3 is 12.0 Å². The third kappa shape index (κ3) is 22.1. The lowest BCUT2D eigenvalue weighted by Crippen LogP contribution is -2.51. The number of hydrogen-bond acceptors (Lipinski definition) is 12. The van der Waals surface area contributed by atoms with Crippen molar-refractivity contribution in [2.45, 2.75) is 213 Å². The summed E-state index contributed by atoms with van der Waals surface area (Å²) >= 11 is 6.19. The Bertz CT molecular complexity index is 2520. The minimum absolute atomic E-state index is 0.109. The number of esters is 1. The second-order valence-corrected chi connectivity index (χ2v) is 25.1. The Hall–Kier alpha value is -4.76. The Morgan fingerprint density at radius 1 is 0.423 bits per heavy atom. The van der Waals surface area contributed by atoms with Gasteiger partial charge in [0.2, 0.25) is 5.75 Å². The summed E-state index contributed by atoms with van der Waals surface area (Å²) in [6.45, 7) is 8.47. The first-order valence-electron chi connectivity index (χ1n) is 29.8. The highest BCUT2D eigenvalue weighted by molar-refractivity contribution is 7.28. The Kier molecular flexibility index (Phi) is 29.2. The van der Waals surface area contributed by atoms with Gasteiger partial charge in [-0.1, -0.05) is 194 Å². The minimum Gasteiger partial charge on any atom is -0.489 e. The number of rotatable bonds is 42. The van der Waals surface area contributed by atoms with Gasteiger partial charge in [-0.05, 0) is 73.9 Å². The number of carbonyl (C=O) groups excluding carboxylic acids is 4. The van der Waals surface area contributed by atoms with Gasteiger partial charge in [0.05, 0.1) is 19.8 Å². The van der Waals surface area contributed by atoms with Gasteiger partial charge in [-0.15, -0.1) is 45.3 Å². The van der Waals surface area contributed by atoms with E-state index in [1.807, 2.05) is 36.4 Å². The first-order valence-corrected chi connectivity index (χ1v) is 33.1. The molecule has 1 saturated heterocycles. The first-order chi connectivity index (χ1) is 38.3. The van der Waals surface area contributed by atoms with Gasteiger partial charge in [0.25, 0.3) is 11.8 Å². The average molecular weight is 1140 g/mol. The number of ether oxygens (including phenoxy) is 4. The van der Waals surface area contributed by atoms with Crippen molar-refractivity contribution in [1.82, 2.24) is 10.6 Å². The molecular weight excluding hydrogens is 1050 g/mol. The summed E-state index contributed by atoms with van der Waals surface area (Å²) in [7, 11) is 0. The fourth-order valence-electron chi connectivity index (χ4n) is 9.53. The normalized spacial score (nSPS) is 12.5. The molecule has 5 heterocycles. The highest BCUT2D eigenvalue weighted by atomic mass is 32.1. The molecule has 0 spiro atoms. The summed E-state index contributed by atoms with van der Waals surface area (Å²) in [5.74, 6) is 0.244. The number of unbranched alkanes of at least 4 members (excludes halogenated alkanes) is 27. The molecule has 5 aromatic rings. The third-order valence-corrected chi connectivity index (χ3v) is 18.9. The lowest BCUT2D eigenvalue weighted by Gasteiger charge is -2.19. The third-order valence-electron chi connectivity index (χ3n) is 14.1. The lowest BCUT2D eigenvalue weighted by molar-refractivity contribution is -0.123. The molecule has 0 bridgehead atoms. The van der Waals surface area contributed by atoms with Gasteiger partial charge in [-0.3, -0.25) is 20.2 Å². The van der Waals surface area contributed by atoms with Crippen LogP contribution in [-0.4, -0.2) is 43.6 Å². The molecule has 1 fully saturated rings. The van der Waals surface area contributed by atoms with E-state index in [1.54, 1.807) is 22.7 Å². The van der Waals surface area contributed by atoms with Crippen molar-refractivity contribution in [3.8, 4) is 52.3 Å². The molecular formula is C64H88N2O8S4. The first kappa shape index (κ1) is 62.4. The van der Waals surface area contributed by atoms with Crippen LogP contribution in [0.25, 0.3) is 35.3 Å². The molecule has 1 aromatic carbocycles. The molecule has 0 atom stereocenters. The highest BCUT2D eigenvalue weighted by Gasteiger charge is 2.28. The molecule has 426 valence electrons. The Morgan fingerprint density at radius 3 is 1.19 bits per heavy atom. The van der Waals surface area contributed by atoms with E-state index in [4.69, 9.17) is 18.9 Å². The van der Waals surface area contributed by atoms with E-state index in [1.165, 1.54) is 183 Å². The van der Waals surface area contributed by atoms with E-state index in [2.05, 4.69) is 55.7 Å². The summed E-state index contributed by atoms with van der Waals surface area (Å²) in [6, 6.07) is 18.8. The van der Waals surface area contributed by atoms with Crippen LogP contribution in [0.2, 0.25) is 0 Å². The van der Waals surface area contributed by atoms with Crippen molar-refractivity contribution >= 4 is 75.2 Å². The molecule has 1 aliphatic rings. The Balaban J connectivity index is 1.10. The Labute approximate surface area is 482 Å². The Morgan fingerprint density at radius 2 is 0.769 bits per heavy atom. The summed E-state index contributed by atoms with van der Waals surface area (Å²) in [6.07, 6.45) is 38.9. The molecule has 2 N–H and O–H groups in total.